The molecule has 0 saturated carbocycles. The zero-order valence-corrected chi connectivity index (χ0v) is 14.6. The maximum atomic E-state index is 3.59. The van der Waals surface area contributed by atoms with Crippen LogP contribution in [0, 0.1) is 6.92 Å². The van der Waals surface area contributed by atoms with Gasteiger partial charge in [0.25, 0.3) is 0 Å². The lowest BCUT2D eigenvalue weighted by Crippen LogP contribution is -2.01. The van der Waals surface area contributed by atoms with E-state index in [2.05, 4.69) is 84.3 Å². The molecule has 0 atom stereocenters. The van der Waals surface area contributed by atoms with Gasteiger partial charge in [0.15, 0.2) is 0 Å². The van der Waals surface area contributed by atoms with Crippen molar-refractivity contribution in [3.63, 3.8) is 0 Å². The van der Waals surface area contributed by atoms with Gasteiger partial charge in [-0.2, -0.15) is 0 Å². The van der Waals surface area contributed by atoms with Gasteiger partial charge in [-0.05, 0) is 58.2 Å². The Hall–Kier alpha value is -0.320. The van der Waals surface area contributed by atoms with Crippen LogP contribution in [0.2, 0.25) is 0 Å². The maximum Gasteiger partial charge on any atom is 0.0498 e. The van der Waals surface area contributed by atoms with Gasteiger partial charge in [-0.25, -0.2) is 0 Å². The van der Waals surface area contributed by atoms with Crippen LogP contribution in [-0.4, -0.2) is 0 Å². The van der Waals surface area contributed by atoms with Crippen molar-refractivity contribution in [2.45, 2.75) is 13.5 Å². The molecule has 0 unspecified atom stereocenters. The number of benzene rings is 2. The largest absolute Gasteiger partial charge is 0.380 e. The molecule has 2 aromatic rings. The summed E-state index contributed by atoms with van der Waals surface area (Å²) in [5, 5.41) is 3.42. The lowest BCUT2D eigenvalue weighted by atomic mass is 10.1. The first-order valence-corrected chi connectivity index (χ1v) is 7.88. The van der Waals surface area contributed by atoms with Gasteiger partial charge in [-0.15, -0.1) is 0 Å². The fraction of sp³-hybridized carbons (Fsp3) is 0.143. The van der Waals surface area contributed by atoms with Crippen LogP contribution in [0.25, 0.3) is 0 Å². The first-order valence-electron chi connectivity index (χ1n) is 5.50. The zero-order chi connectivity index (χ0) is 13.1. The number of anilines is 1. The average Bonchev–Trinajstić information content (AvgIpc) is 2.32. The van der Waals surface area contributed by atoms with Crippen molar-refractivity contribution in [2.75, 3.05) is 5.32 Å². The molecule has 18 heavy (non-hydrogen) atoms. The van der Waals surface area contributed by atoms with E-state index in [4.69, 9.17) is 0 Å². The van der Waals surface area contributed by atoms with E-state index in [1.165, 1.54) is 11.1 Å². The summed E-state index contributed by atoms with van der Waals surface area (Å²) < 4.78 is 3.27. The SMILES string of the molecule is Cc1ccc(CNc2cc(Br)ccc2Br)c(Br)c1. The minimum absolute atomic E-state index is 0.788. The van der Waals surface area contributed by atoms with E-state index in [0.717, 1.165) is 25.7 Å². The molecule has 2 rings (SSSR count). The van der Waals surface area contributed by atoms with E-state index in [-0.39, 0.29) is 0 Å². The summed E-state index contributed by atoms with van der Waals surface area (Å²) in [6, 6.07) is 12.5. The summed E-state index contributed by atoms with van der Waals surface area (Å²) in [4.78, 5) is 0. The molecule has 4 heteroatoms. The first kappa shape index (κ1) is 14.1. The second-order valence-electron chi connectivity index (χ2n) is 4.07. The van der Waals surface area contributed by atoms with Crippen molar-refractivity contribution in [1.82, 2.24) is 0 Å². The van der Waals surface area contributed by atoms with Crippen LogP contribution in [0.4, 0.5) is 5.69 Å². The van der Waals surface area contributed by atoms with Gasteiger partial charge in [0.2, 0.25) is 0 Å². The van der Waals surface area contributed by atoms with Gasteiger partial charge in [0.05, 0.1) is 0 Å². The third-order valence-electron chi connectivity index (χ3n) is 2.61. The summed E-state index contributed by atoms with van der Waals surface area (Å²) in [7, 11) is 0. The van der Waals surface area contributed by atoms with E-state index in [1.807, 2.05) is 12.1 Å². The normalized spacial score (nSPS) is 10.4. The van der Waals surface area contributed by atoms with Crippen molar-refractivity contribution < 1.29 is 0 Å². The predicted molar refractivity (Wildman–Crippen MR) is 88.0 cm³/mol. The Morgan fingerprint density at radius 2 is 1.72 bits per heavy atom. The standard InChI is InChI=1S/C14H12Br3N/c1-9-2-3-10(13(17)6-9)8-18-14-7-11(15)4-5-12(14)16/h2-7,18H,8H2,1H3. The molecule has 0 aromatic heterocycles. The number of halogens is 3. The van der Waals surface area contributed by atoms with Gasteiger partial charge in [0, 0.05) is 25.7 Å². The summed E-state index contributed by atoms with van der Waals surface area (Å²) >= 11 is 10.6. The molecule has 0 fully saturated rings. The molecule has 0 amide bonds. The highest BCUT2D eigenvalue weighted by molar-refractivity contribution is 9.11. The van der Waals surface area contributed by atoms with Crippen LogP contribution in [0.1, 0.15) is 11.1 Å². The summed E-state index contributed by atoms with van der Waals surface area (Å²) in [6.45, 7) is 2.88. The molecule has 0 aliphatic heterocycles. The van der Waals surface area contributed by atoms with Crippen LogP contribution < -0.4 is 5.32 Å². The van der Waals surface area contributed by atoms with Crippen molar-refractivity contribution in [3.8, 4) is 0 Å². The van der Waals surface area contributed by atoms with Gasteiger partial charge < -0.3 is 5.32 Å². The van der Waals surface area contributed by atoms with Crippen molar-refractivity contribution in [1.29, 1.82) is 0 Å². The lowest BCUT2D eigenvalue weighted by Gasteiger charge is -2.11. The fourth-order valence-electron chi connectivity index (χ4n) is 1.62. The Kier molecular flexibility index (Phi) is 4.87. The van der Waals surface area contributed by atoms with Crippen LogP contribution in [0.3, 0.4) is 0 Å². The van der Waals surface area contributed by atoms with Crippen molar-refractivity contribution in [3.05, 3.63) is 60.9 Å². The van der Waals surface area contributed by atoms with Crippen LogP contribution in [-0.2, 0) is 6.54 Å². The van der Waals surface area contributed by atoms with Crippen LogP contribution >= 0.6 is 47.8 Å². The number of aryl methyl sites for hydroxylation is 1. The Morgan fingerprint density at radius 1 is 0.944 bits per heavy atom. The summed E-state index contributed by atoms with van der Waals surface area (Å²) in [6.07, 6.45) is 0. The molecular formula is C14H12Br3N. The molecule has 0 aliphatic rings. The second kappa shape index (κ2) is 6.22. The molecular weight excluding hydrogens is 422 g/mol. The van der Waals surface area contributed by atoms with E-state index >= 15 is 0 Å². The van der Waals surface area contributed by atoms with Gasteiger partial charge in [-0.3, -0.25) is 0 Å². The third kappa shape index (κ3) is 3.59. The molecule has 0 aliphatic carbocycles. The minimum atomic E-state index is 0.788. The first-order chi connectivity index (χ1) is 8.56. The predicted octanol–water partition coefficient (Wildman–Crippen LogP) is 5.89. The molecule has 1 nitrogen and oxygen atoms in total. The highest BCUT2D eigenvalue weighted by Crippen LogP contribution is 2.27. The third-order valence-corrected chi connectivity index (χ3v) is 4.53. The number of nitrogens with one attached hydrogen (secondary N) is 1. The highest BCUT2D eigenvalue weighted by Gasteiger charge is 2.03. The quantitative estimate of drug-likeness (QED) is 0.635. The molecule has 0 spiro atoms. The Morgan fingerprint density at radius 3 is 2.44 bits per heavy atom. The Balaban J connectivity index is 2.13. The monoisotopic (exact) mass is 431 g/mol. The molecule has 0 saturated heterocycles. The number of rotatable bonds is 3. The van der Waals surface area contributed by atoms with E-state index in [0.29, 0.717) is 0 Å². The topological polar surface area (TPSA) is 12.0 Å². The van der Waals surface area contributed by atoms with Gasteiger partial charge in [0.1, 0.15) is 0 Å². The van der Waals surface area contributed by atoms with Gasteiger partial charge in [-0.1, -0.05) is 44.0 Å². The number of hydrogen-bond acceptors (Lipinski definition) is 1. The Labute approximate surface area is 132 Å². The molecule has 94 valence electrons. The van der Waals surface area contributed by atoms with Crippen molar-refractivity contribution >= 4 is 53.5 Å². The summed E-state index contributed by atoms with van der Waals surface area (Å²) in [5.41, 5.74) is 3.58. The van der Waals surface area contributed by atoms with Crippen LogP contribution in [0.5, 0.6) is 0 Å². The molecule has 0 radical (unpaired) electrons. The maximum absolute atomic E-state index is 3.59. The zero-order valence-electron chi connectivity index (χ0n) is 9.81. The van der Waals surface area contributed by atoms with Crippen LogP contribution in [0.15, 0.2) is 49.8 Å². The van der Waals surface area contributed by atoms with E-state index < -0.39 is 0 Å². The smallest absolute Gasteiger partial charge is 0.0498 e. The minimum Gasteiger partial charge on any atom is -0.380 e. The van der Waals surface area contributed by atoms with Gasteiger partial charge >= 0.3 is 0 Å². The fourth-order valence-corrected chi connectivity index (χ4v) is 3.00. The Bertz CT molecular complexity index is 567. The van der Waals surface area contributed by atoms with E-state index in [9.17, 15) is 0 Å². The molecule has 2 aromatic carbocycles. The summed E-state index contributed by atoms with van der Waals surface area (Å²) in [5.74, 6) is 0. The number of hydrogen-bond donors (Lipinski definition) is 1. The molecule has 1 N–H and O–H groups in total. The average molecular weight is 434 g/mol. The van der Waals surface area contributed by atoms with Crippen molar-refractivity contribution in [2.24, 2.45) is 0 Å². The second-order valence-corrected chi connectivity index (χ2v) is 6.70. The molecule has 0 heterocycles. The lowest BCUT2D eigenvalue weighted by molar-refractivity contribution is 1.13. The molecule has 0 bridgehead atoms. The highest BCUT2D eigenvalue weighted by atomic mass is 79.9. The van der Waals surface area contributed by atoms with E-state index in [1.54, 1.807) is 0 Å².